The molecule has 7 heteroatoms. The molecule has 1 aromatic rings. The average Bonchev–Trinajstić information content (AvgIpc) is 2.55. The standard InChI is InChI=1S/C18H27NO6/c1-18(2,3)25-17(22)19-14(10-11-15(20)23-4)16(21)24-12-13-8-6-5-7-9-13/h5-9,14-15,20H,10-12H2,1-4H3,(H,19,22)/t14-,15?/m0/s1. The van der Waals surface area contributed by atoms with Crippen LogP contribution in [0, 0.1) is 0 Å². The first-order valence-electron chi connectivity index (χ1n) is 8.12. The Morgan fingerprint density at radius 1 is 1.16 bits per heavy atom. The SMILES string of the molecule is COC(O)CC[C@H](NC(=O)OC(C)(C)C)C(=O)OCc1ccccc1. The van der Waals surface area contributed by atoms with E-state index in [2.05, 4.69) is 5.32 Å². The number of aliphatic hydroxyl groups excluding tert-OH is 1. The zero-order valence-electron chi connectivity index (χ0n) is 15.2. The first-order chi connectivity index (χ1) is 11.7. The van der Waals surface area contributed by atoms with Gasteiger partial charge in [-0.15, -0.1) is 0 Å². The summed E-state index contributed by atoms with van der Waals surface area (Å²) in [6.45, 7) is 5.27. The van der Waals surface area contributed by atoms with Gasteiger partial charge in [-0.05, 0) is 32.8 Å². The number of methoxy groups -OCH3 is 1. The highest BCUT2D eigenvalue weighted by molar-refractivity contribution is 5.81. The van der Waals surface area contributed by atoms with Crippen molar-refractivity contribution in [1.82, 2.24) is 5.32 Å². The molecule has 2 N–H and O–H groups in total. The fourth-order valence-corrected chi connectivity index (χ4v) is 1.96. The Morgan fingerprint density at radius 3 is 2.36 bits per heavy atom. The zero-order valence-corrected chi connectivity index (χ0v) is 15.2. The maximum Gasteiger partial charge on any atom is 0.408 e. The highest BCUT2D eigenvalue weighted by Gasteiger charge is 2.26. The molecule has 0 aromatic heterocycles. The molecule has 1 rings (SSSR count). The molecule has 0 aliphatic heterocycles. The molecule has 2 atom stereocenters. The normalized spacial score (nSPS) is 13.6. The van der Waals surface area contributed by atoms with Gasteiger partial charge in [0.15, 0.2) is 6.29 Å². The summed E-state index contributed by atoms with van der Waals surface area (Å²) >= 11 is 0. The van der Waals surface area contributed by atoms with Crippen molar-refractivity contribution < 1.29 is 28.9 Å². The summed E-state index contributed by atoms with van der Waals surface area (Å²) in [5.41, 5.74) is 0.151. The number of ether oxygens (including phenoxy) is 3. The Kier molecular flexibility index (Phi) is 8.37. The minimum atomic E-state index is -1.02. The lowest BCUT2D eigenvalue weighted by molar-refractivity contribution is -0.148. The van der Waals surface area contributed by atoms with Crippen molar-refractivity contribution >= 4 is 12.1 Å². The van der Waals surface area contributed by atoms with E-state index in [1.54, 1.807) is 20.8 Å². The highest BCUT2D eigenvalue weighted by Crippen LogP contribution is 2.10. The van der Waals surface area contributed by atoms with Crippen molar-refractivity contribution in [1.29, 1.82) is 0 Å². The van der Waals surface area contributed by atoms with E-state index in [-0.39, 0.29) is 19.4 Å². The van der Waals surface area contributed by atoms with Gasteiger partial charge in [-0.3, -0.25) is 0 Å². The van der Waals surface area contributed by atoms with Gasteiger partial charge in [0.2, 0.25) is 0 Å². The third-order valence-corrected chi connectivity index (χ3v) is 3.17. The van der Waals surface area contributed by atoms with Crippen molar-refractivity contribution in [2.75, 3.05) is 7.11 Å². The Morgan fingerprint density at radius 2 is 1.80 bits per heavy atom. The first kappa shape index (κ1) is 20.9. The van der Waals surface area contributed by atoms with E-state index in [1.807, 2.05) is 30.3 Å². The van der Waals surface area contributed by atoms with Crippen molar-refractivity contribution in [2.45, 2.75) is 58.2 Å². The molecule has 25 heavy (non-hydrogen) atoms. The van der Waals surface area contributed by atoms with Crippen LogP contribution in [0.25, 0.3) is 0 Å². The number of carbonyl (C=O) groups excluding carboxylic acids is 2. The second kappa shape index (κ2) is 10.0. The van der Waals surface area contributed by atoms with Crippen LogP contribution in [0.4, 0.5) is 4.79 Å². The number of benzene rings is 1. The number of aliphatic hydroxyl groups is 1. The minimum Gasteiger partial charge on any atom is -0.459 e. The van der Waals surface area contributed by atoms with Gasteiger partial charge in [0.25, 0.3) is 0 Å². The van der Waals surface area contributed by atoms with Crippen molar-refractivity contribution in [3.63, 3.8) is 0 Å². The van der Waals surface area contributed by atoms with E-state index in [0.29, 0.717) is 0 Å². The summed E-state index contributed by atoms with van der Waals surface area (Å²) in [7, 11) is 1.36. The molecular weight excluding hydrogens is 326 g/mol. The van der Waals surface area contributed by atoms with Crippen LogP contribution in [-0.4, -0.2) is 42.2 Å². The predicted molar refractivity (Wildman–Crippen MR) is 91.6 cm³/mol. The molecule has 1 aromatic carbocycles. The molecule has 0 heterocycles. The quantitative estimate of drug-likeness (QED) is 0.550. The minimum absolute atomic E-state index is 0.0962. The van der Waals surface area contributed by atoms with Crippen molar-refractivity contribution in [3.8, 4) is 0 Å². The lowest BCUT2D eigenvalue weighted by Crippen LogP contribution is -2.44. The van der Waals surface area contributed by atoms with E-state index in [0.717, 1.165) is 5.56 Å². The molecule has 0 saturated heterocycles. The molecule has 7 nitrogen and oxygen atoms in total. The number of alkyl carbamates (subject to hydrolysis) is 1. The number of nitrogens with one attached hydrogen (secondary N) is 1. The van der Waals surface area contributed by atoms with Crippen molar-refractivity contribution in [3.05, 3.63) is 35.9 Å². The molecule has 0 bridgehead atoms. The summed E-state index contributed by atoms with van der Waals surface area (Å²) in [6.07, 6.45) is -1.43. The molecule has 0 aliphatic rings. The van der Waals surface area contributed by atoms with E-state index in [9.17, 15) is 14.7 Å². The van der Waals surface area contributed by atoms with Crippen LogP contribution in [0.3, 0.4) is 0 Å². The lowest BCUT2D eigenvalue weighted by atomic mass is 10.1. The van der Waals surface area contributed by atoms with Crippen LogP contribution in [-0.2, 0) is 25.6 Å². The summed E-state index contributed by atoms with van der Waals surface area (Å²) in [4.78, 5) is 24.2. The number of esters is 1. The van der Waals surface area contributed by atoms with Gasteiger partial charge in [-0.25, -0.2) is 9.59 Å². The van der Waals surface area contributed by atoms with Gasteiger partial charge in [0.1, 0.15) is 18.2 Å². The van der Waals surface area contributed by atoms with E-state index < -0.39 is 30.0 Å². The summed E-state index contributed by atoms with van der Waals surface area (Å²) in [5.74, 6) is -0.599. The molecule has 0 aliphatic carbocycles. The van der Waals surface area contributed by atoms with Crippen LogP contribution in [0.2, 0.25) is 0 Å². The summed E-state index contributed by atoms with van der Waals surface area (Å²) in [5, 5.41) is 12.0. The molecule has 1 unspecified atom stereocenters. The average molecular weight is 353 g/mol. The number of amides is 1. The Labute approximate surface area is 148 Å². The van der Waals surface area contributed by atoms with Gasteiger partial charge in [-0.1, -0.05) is 30.3 Å². The number of carbonyl (C=O) groups is 2. The monoisotopic (exact) mass is 353 g/mol. The molecule has 0 spiro atoms. The van der Waals surface area contributed by atoms with Crippen LogP contribution < -0.4 is 5.32 Å². The maximum atomic E-state index is 12.3. The van der Waals surface area contributed by atoms with Crippen LogP contribution >= 0.6 is 0 Å². The molecule has 1 amide bonds. The number of hydrogen-bond acceptors (Lipinski definition) is 6. The van der Waals surface area contributed by atoms with Crippen LogP contribution in [0.15, 0.2) is 30.3 Å². The third-order valence-electron chi connectivity index (χ3n) is 3.17. The lowest BCUT2D eigenvalue weighted by Gasteiger charge is -2.23. The van der Waals surface area contributed by atoms with Gasteiger partial charge in [0, 0.05) is 13.5 Å². The predicted octanol–water partition coefficient (Wildman–Crippen LogP) is 2.37. The maximum absolute atomic E-state index is 12.3. The second-order valence-electron chi connectivity index (χ2n) is 6.56. The van der Waals surface area contributed by atoms with E-state index in [4.69, 9.17) is 14.2 Å². The van der Waals surface area contributed by atoms with Gasteiger partial charge >= 0.3 is 12.1 Å². The Hall–Kier alpha value is -2.12. The first-order valence-corrected chi connectivity index (χ1v) is 8.12. The van der Waals surface area contributed by atoms with E-state index >= 15 is 0 Å². The Balaban J connectivity index is 2.64. The van der Waals surface area contributed by atoms with E-state index in [1.165, 1.54) is 7.11 Å². The topological polar surface area (TPSA) is 94.1 Å². The summed E-state index contributed by atoms with van der Waals surface area (Å²) < 4.78 is 15.2. The fraction of sp³-hybridized carbons (Fsp3) is 0.556. The van der Waals surface area contributed by atoms with Crippen molar-refractivity contribution in [2.24, 2.45) is 0 Å². The fourth-order valence-electron chi connectivity index (χ4n) is 1.96. The van der Waals surface area contributed by atoms with Gasteiger partial charge in [0.05, 0.1) is 0 Å². The molecule has 0 fully saturated rings. The largest absolute Gasteiger partial charge is 0.459 e. The highest BCUT2D eigenvalue weighted by atomic mass is 16.6. The Bertz CT molecular complexity index is 540. The van der Waals surface area contributed by atoms with Gasteiger partial charge in [-0.2, -0.15) is 0 Å². The van der Waals surface area contributed by atoms with Gasteiger partial charge < -0.3 is 24.6 Å². The van der Waals surface area contributed by atoms with Crippen LogP contribution in [0.5, 0.6) is 0 Å². The smallest absolute Gasteiger partial charge is 0.408 e. The number of hydrogen-bond donors (Lipinski definition) is 2. The van der Waals surface area contributed by atoms with Crippen LogP contribution in [0.1, 0.15) is 39.2 Å². The molecular formula is C18H27NO6. The molecule has 140 valence electrons. The molecule has 0 saturated carbocycles. The zero-order chi connectivity index (χ0) is 18.9. The second-order valence-corrected chi connectivity index (χ2v) is 6.56. The molecule has 0 radical (unpaired) electrons. The number of rotatable bonds is 8. The third kappa shape index (κ3) is 9.07. The summed E-state index contributed by atoms with van der Waals surface area (Å²) in [6, 6.07) is 8.27.